The molecular weight excluding hydrogens is 242 g/mol. The number of nitrogens with zero attached hydrogens (tertiary/aromatic N) is 2. The maximum Gasteiger partial charge on any atom is 0.272 e. The molecule has 0 spiro atoms. The van der Waals surface area contributed by atoms with Gasteiger partial charge in [0.1, 0.15) is 5.82 Å². The lowest BCUT2D eigenvalue weighted by Gasteiger charge is -2.09. The van der Waals surface area contributed by atoms with Crippen molar-refractivity contribution in [1.82, 2.24) is 4.98 Å². The number of pyridine rings is 1. The second-order valence-corrected chi connectivity index (χ2v) is 4.39. The highest BCUT2D eigenvalue weighted by Gasteiger charge is 2.12. The van der Waals surface area contributed by atoms with Crippen LogP contribution in [0.25, 0.3) is 0 Å². The van der Waals surface area contributed by atoms with Crippen LogP contribution in [-0.4, -0.2) is 9.91 Å². The van der Waals surface area contributed by atoms with Gasteiger partial charge < -0.3 is 5.32 Å². The normalized spacial score (nSPS) is 10.2. The van der Waals surface area contributed by atoms with E-state index in [0.717, 1.165) is 16.9 Å². The lowest BCUT2D eigenvalue weighted by Crippen LogP contribution is -2.04. The molecule has 0 aliphatic heterocycles. The molecule has 98 valence electrons. The highest BCUT2D eigenvalue weighted by molar-refractivity contribution is 5.46. The summed E-state index contributed by atoms with van der Waals surface area (Å²) in [7, 11) is 0. The molecule has 0 fully saturated rings. The summed E-state index contributed by atoms with van der Waals surface area (Å²) in [6.45, 7) is 4.27. The Morgan fingerprint density at radius 2 is 2.11 bits per heavy atom. The van der Waals surface area contributed by atoms with E-state index >= 15 is 0 Å². The first-order valence-corrected chi connectivity index (χ1v) is 5.97. The van der Waals surface area contributed by atoms with E-state index in [1.165, 1.54) is 6.07 Å². The van der Waals surface area contributed by atoms with Crippen LogP contribution in [-0.2, 0) is 6.54 Å². The van der Waals surface area contributed by atoms with E-state index in [-0.39, 0.29) is 10.6 Å². The van der Waals surface area contributed by atoms with Crippen molar-refractivity contribution in [2.24, 2.45) is 0 Å². The Morgan fingerprint density at radius 3 is 2.79 bits per heavy atom. The first-order valence-electron chi connectivity index (χ1n) is 5.97. The lowest BCUT2D eigenvalue weighted by atomic mass is 10.1. The predicted molar refractivity (Wildman–Crippen MR) is 74.1 cm³/mol. The van der Waals surface area contributed by atoms with Crippen LogP contribution in [0.3, 0.4) is 0 Å². The molecule has 0 bridgehead atoms. The van der Waals surface area contributed by atoms with Gasteiger partial charge in [0, 0.05) is 24.4 Å². The van der Waals surface area contributed by atoms with Gasteiger partial charge in [0.05, 0.1) is 4.92 Å². The molecule has 0 radical (unpaired) electrons. The highest BCUT2D eigenvalue weighted by atomic mass is 16.6. The van der Waals surface area contributed by atoms with Crippen LogP contribution in [0.2, 0.25) is 0 Å². The number of aryl methyl sites for hydroxylation is 1. The van der Waals surface area contributed by atoms with Crippen LogP contribution >= 0.6 is 0 Å². The van der Waals surface area contributed by atoms with Gasteiger partial charge >= 0.3 is 0 Å². The van der Waals surface area contributed by atoms with E-state index in [2.05, 4.69) is 10.3 Å². The minimum atomic E-state index is -0.357. The van der Waals surface area contributed by atoms with E-state index in [9.17, 15) is 10.1 Å². The molecule has 5 heteroatoms. The molecule has 5 nitrogen and oxygen atoms in total. The molecule has 0 atom stereocenters. The van der Waals surface area contributed by atoms with Crippen LogP contribution in [0.5, 0.6) is 0 Å². The predicted octanol–water partition coefficient (Wildman–Crippen LogP) is 3.22. The van der Waals surface area contributed by atoms with E-state index < -0.39 is 0 Å². The standard InChI is InChI=1S/C14H15N3O2/c1-10-6-7-15-14(8-10)16-9-12-4-3-5-13(11(12)2)17(18)19/h3-8H,9H2,1-2H3,(H,15,16). The fourth-order valence-electron chi connectivity index (χ4n) is 1.88. The Balaban J connectivity index is 2.16. The summed E-state index contributed by atoms with van der Waals surface area (Å²) >= 11 is 0. The van der Waals surface area contributed by atoms with Gasteiger partial charge in [0.15, 0.2) is 0 Å². The van der Waals surface area contributed by atoms with Crippen molar-refractivity contribution < 1.29 is 4.92 Å². The Bertz CT molecular complexity index is 611. The van der Waals surface area contributed by atoms with Gasteiger partial charge in [-0.2, -0.15) is 0 Å². The average Bonchev–Trinajstić information content (AvgIpc) is 2.37. The fourth-order valence-corrected chi connectivity index (χ4v) is 1.88. The molecule has 19 heavy (non-hydrogen) atoms. The van der Waals surface area contributed by atoms with Gasteiger partial charge in [0.2, 0.25) is 0 Å². The fraction of sp³-hybridized carbons (Fsp3) is 0.214. The minimum Gasteiger partial charge on any atom is -0.366 e. The Morgan fingerprint density at radius 1 is 1.32 bits per heavy atom. The van der Waals surface area contributed by atoms with E-state index in [4.69, 9.17) is 0 Å². The Kier molecular flexibility index (Phi) is 3.75. The summed E-state index contributed by atoms with van der Waals surface area (Å²) < 4.78 is 0. The number of nitro groups is 1. The summed E-state index contributed by atoms with van der Waals surface area (Å²) in [5.41, 5.74) is 2.86. The van der Waals surface area contributed by atoms with Gasteiger partial charge in [-0.15, -0.1) is 0 Å². The van der Waals surface area contributed by atoms with Crippen LogP contribution in [0.4, 0.5) is 11.5 Å². The quantitative estimate of drug-likeness (QED) is 0.674. The first-order chi connectivity index (χ1) is 9.08. The van der Waals surface area contributed by atoms with E-state index in [1.54, 1.807) is 19.2 Å². The molecule has 1 aromatic carbocycles. The van der Waals surface area contributed by atoms with Gasteiger partial charge in [0.25, 0.3) is 5.69 Å². The third-order valence-corrected chi connectivity index (χ3v) is 2.99. The van der Waals surface area contributed by atoms with Crippen molar-refractivity contribution in [2.45, 2.75) is 20.4 Å². The average molecular weight is 257 g/mol. The molecule has 2 aromatic rings. The summed E-state index contributed by atoms with van der Waals surface area (Å²) in [6.07, 6.45) is 1.73. The number of aromatic nitrogens is 1. The number of hydrogen-bond donors (Lipinski definition) is 1. The molecule has 0 saturated heterocycles. The van der Waals surface area contributed by atoms with Crippen molar-refractivity contribution in [3.63, 3.8) is 0 Å². The van der Waals surface area contributed by atoms with Crippen LogP contribution in [0.1, 0.15) is 16.7 Å². The molecule has 1 heterocycles. The summed E-state index contributed by atoms with van der Waals surface area (Å²) in [5, 5.41) is 14.0. The number of rotatable bonds is 4. The third kappa shape index (κ3) is 3.07. The van der Waals surface area contributed by atoms with Crippen LogP contribution in [0, 0.1) is 24.0 Å². The second kappa shape index (κ2) is 5.48. The molecule has 1 N–H and O–H groups in total. The monoisotopic (exact) mass is 257 g/mol. The highest BCUT2D eigenvalue weighted by Crippen LogP contribution is 2.21. The molecule has 0 saturated carbocycles. The largest absolute Gasteiger partial charge is 0.366 e. The summed E-state index contributed by atoms with van der Waals surface area (Å²) in [4.78, 5) is 14.7. The van der Waals surface area contributed by atoms with Gasteiger partial charge in [-0.1, -0.05) is 12.1 Å². The molecule has 0 aliphatic rings. The smallest absolute Gasteiger partial charge is 0.272 e. The Hall–Kier alpha value is -2.43. The van der Waals surface area contributed by atoms with Crippen LogP contribution in [0.15, 0.2) is 36.5 Å². The van der Waals surface area contributed by atoms with Gasteiger partial charge in [-0.05, 0) is 37.1 Å². The maximum absolute atomic E-state index is 10.9. The van der Waals surface area contributed by atoms with Crippen LogP contribution < -0.4 is 5.32 Å². The molecule has 1 aromatic heterocycles. The molecule has 0 aliphatic carbocycles. The van der Waals surface area contributed by atoms with E-state index in [0.29, 0.717) is 12.1 Å². The van der Waals surface area contributed by atoms with Crippen molar-refractivity contribution in [3.05, 3.63) is 63.3 Å². The first kappa shape index (κ1) is 13.0. The molecule has 2 rings (SSSR count). The number of benzene rings is 1. The number of anilines is 1. The number of nitro benzene ring substituents is 1. The van der Waals surface area contributed by atoms with Crippen molar-refractivity contribution >= 4 is 11.5 Å². The number of nitrogens with one attached hydrogen (secondary N) is 1. The zero-order valence-corrected chi connectivity index (χ0v) is 10.9. The molecular formula is C14H15N3O2. The van der Waals surface area contributed by atoms with Crippen molar-refractivity contribution in [1.29, 1.82) is 0 Å². The minimum absolute atomic E-state index is 0.150. The van der Waals surface area contributed by atoms with Crippen molar-refractivity contribution in [3.8, 4) is 0 Å². The third-order valence-electron chi connectivity index (χ3n) is 2.99. The summed E-state index contributed by atoms with van der Waals surface area (Å²) in [5.74, 6) is 0.769. The zero-order chi connectivity index (χ0) is 13.8. The Labute approximate surface area is 111 Å². The lowest BCUT2D eigenvalue weighted by molar-refractivity contribution is -0.385. The molecule has 0 unspecified atom stereocenters. The van der Waals surface area contributed by atoms with E-state index in [1.807, 2.05) is 25.1 Å². The van der Waals surface area contributed by atoms with Gasteiger partial charge in [-0.3, -0.25) is 10.1 Å². The van der Waals surface area contributed by atoms with Crippen molar-refractivity contribution in [2.75, 3.05) is 5.32 Å². The molecule has 0 amide bonds. The zero-order valence-electron chi connectivity index (χ0n) is 10.9. The number of hydrogen-bond acceptors (Lipinski definition) is 4. The van der Waals surface area contributed by atoms with Gasteiger partial charge in [-0.25, -0.2) is 4.98 Å². The second-order valence-electron chi connectivity index (χ2n) is 4.39. The maximum atomic E-state index is 10.9. The summed E-state index contributed by atoms with van der Waals surface area (Å²) in [6, 6.07) is 8.96. The topological polar surface area (TPSA) is 68.1 Å². The SMILES string of the molecule is Cc1ccnc(NCc2cccc([N+](=O)[O-])c2C)c1.